The Labute approximate surface area is 95.3 Å². The topological polar surface area (TPSA) is 52.0 Å². The Morgan fingerprint density at radius 2 is 2.25 bits per heavy atom. The van der Waals surface area contributed by atoms with Crippen molar-refractivity contribution in [2.45, 2.75) is 19.8 Å². The van der Waals surface area contributed by atoms with Gasteiger partial charge in [-0.1, -0.05) is 17.7 Å². The van der Waals surface area contributed by atoms with E-state index in [0.29, 0.717) is 12.4 Å². The van der Waals surface area contributed by atoms with E-state index in [0.717, 1.165) is 24.1 Å². The van der Waals surface area contributed by atoms with E-state index in [1.165, 1.54) is 5.56 Å². The molecule has 2 N–H and O–H groups in total. The van der Waals surface area contributed by atoms with Crippen molar-refractivity contribution in [1.29, 1.82) is 0 Å². The van der Waals surface area contributed by atoms with Crippen molar-refractivity contribution in [2.24, 2.45) is 5.73 Å². The van der Waals surface area contributed by atoms with Gasteiger partial charge in [0.15, 0.2) is 0 Å². The Morgan fingerprint density at radius 1 is 1.38 bits per heavy atom. The number of rotatable bonds is 4. The zero-order valence-corrected chi connectivity index (χ0v) is 9.44. The number of nitrogens with zero attached hydrogens (tertiary/aromatic N) is 1. The first-order valence-electron chi connectivity index (χ1n) is 5.51. The van der Waals surface area contributed by atoms with Crippen molar-refractivity contribution in [3.05, 3.63) is 41.8 Å². The molecule has 0 aliphatic heterocycles. The van der Waals surface area contributed by atoms with Gasteiger partial charge in [0.1, 0.15) is 6.26 Å². The molecule has 0 atom stereocenters. The summed E-state index contributed by atoms with van der Waals surface area (Å²) in [6.07, 6.45) is 3.54. The fourth-order valence-corrected chi connectivity index (χ4v) is 1.62. The summed E-state index contributed by atoms with van der Waals surface area (Å²) in [7, 11) is 0. The molecular weight excluding hydrogens is 200 g/mol. The van der Waals surface area contributed by atoms with Crippen molar-refractivity contribution in [2.75, 3.05) is 6.54 Å². The SMILES string of the molecule is Cc1cccc(-c2nc(CCCN)co2)c1. The van der Waals surface area contributed by atoms with E-state index < -0.39 is 0 Å². The van der Waals surface area contributed by atoms with Crippen LogP contribution in [0.3, 0.4) is 0 Å². The third-order valence-corrected chi connectivity index (χ3v) is 2.45. The van der Waals surface area contributed by atoms with E-state index in [-0.39, 0.29) is 0 Å². The second kappa shape index (κ2) is 4.94. The minimum absolute atomic E-state index is 0.687. The lowest BCUT2D eigenvalue weighted by Gasteiger charge is -1.96. The molecule has 1 aromatic heterocycles. The fourth-order valence-electron chi connectivity index (χ4n) is 1.62. The molecule has 0 radical (unpaired) electrons. The Bertz CT molecular complexity index is 462. The molecule has 0 saturated heterocycles. The number of aryl methyl sites for hydroxylation is 2. The molecule has 0 amide bonds. The van der Waals surface area contributed by atoms with Crippen LogP contribution < -0.4 is 5.73 Å². The standard InChI is InChI=1S/C13H16N2O/c1-10-4-2-5-11(8-10)13-15-12(9-16-13)6-3-7-14/h2,4-5,8-9H,3,6-7,14H2,1H3. The maximum absolute atomic E-state index is 5.46. The van der Waals surface area contributed by atoms with Crippen LogP contribution in [0.1, 0.15) is 17.7 Å². The molecule has 1 aromatic carbocycles. The number of hydrogen-bond donors (Lipinski definition) is 1. The molecule has 3 nitrogen and oxygen atoms in total. The molecule has 0 saturated carbocycles. The number of benzene rings is 1. The van der Waals surface area contributed by atoms with Crippen LogP contribution in [0, 0.1) is 6.92 Å². The highest BCUT2D eigenvalue weighted by Gasteiger charge is 2.06. The van der Waals surface area contributed by atoms with Gasteiger partial charge in [0.25, 0.3) is 0 Å². The maximum Gasteiger partial charge on any atom is 0.226 e. The van der Waals surface area contributed by atoms with Crippen LogP contribution in [0.4, 0.5) is 0 Å². The van der Waals surface area contributed by atoms with Crippen LogP contribution in [0.2, 0.25) is 0 Å². The van der Waals surface area contributed by atoms with E-state index in [9.17, 15) is 0 Å². The summed E-state index contributed by atoms with van der Waals surface area (Å²) < 4.78 is 5.45. The Kier molecular flexibility index (Phi) is 3.37. The summed E-state index contributed by atoms with van der Waals surface area (Å²) in [6.45, 7) is 2.74. The highest BCUT2D eigenvalue weighted by atomic mass is 16.3. The Morgan fingerprint density at radius 3 is 3.00 bits per heavy atom. The first kappa shape index (κ1) is 10.9. The molecule has 0 unspecified atom stereocenters. The second-order valence-corrected chi connectivity index (χ2v) is 3.91. The first-order valence-corrected chi connectivity index (χ1v) is 5.51. The van der Waals surface area contributed by atoms with Crippen molar-refractivity contribution in [1.82, 2.24) is 4.98 Å². The van der Waals surface area contributed by atoms with Gasteiger partial charge < -0.3 is 10.2 Å². The predicted molar refractivity (Wildman–Crippen MR) is 64.1 cm³/mol. The molecular formula is C13H16N2O. The van der Waals surface area contributed by atoms with E-state index in [2.05, 4.69) is 24.0 Å². The number of aromatic nitrogens is 1. The van der Waals surface area contributed by atoms with Gasteiger partial charge in [0.05, 0.1) is 5.69 Å². The summed E-state index contributed by atoms with van der Waals surface area (Å²) in [6, 6.07) is 8.14. The summed E-state index contributed by atoms with van der Waals surface area (Å²) in [5, 5.41) is 0. The molecule has 0 bridgehead atoms. The third-order valence-electron chi connectivity index (χ3n) is 2.45. The van der Waals surface area contributed by atoms with Gasteiger partial charge in [-0.3, -0.25) is 0 Å². The lowest BCUT2D eigenvalue weighted by molar-refractivity contribution is 0.572. The number of hydrogen-bond acceptors (Lipinski definition) is 3. The molecule has 3 heteroatoms. The number of nitrogens with two attached hydrogens (primary N) is 1. The highest BCUT2D eigenvalue weighted by Crippen LogP contribution is 2.19. The fraction of sp³-hybridized carbons (Fsp3) is 0.308. The Balaban J connectivity index is 2.18. The first-order chi connectivity index (χ1) is 7.79. The van der Waals surface area contributed by atoms with Crippen LogP contribution in [-0.4, -0.2) is 11.5 Å². The number of oxazole rings is 1. The van der Waals surface area contributed by atoms with E-state index in [1.54, 1.807) is 6.26 Å². The van der Waals surface area contributed by atoms with E-state index in [1.807, 2.05) is 12.1 Å². The summed E-state index contributed by atoms with van der Waals surface area (Å²) in [5.74, 6) is 0.690. The van der Waals surface area contributed by atoms with Gasteiger partial charge in [-0.25, -0.2) is 4.98 Å². The van der Waals surface area contributed by atoms with Gasteiger partial charge in [-0.15, -0.1) is 0 Å². The van der Waals surface area contributed by atoms with Crippen molar-refractivity contribution >= 4 is 0 Å². The minimum Gasteiger partial charge on any atom is -0.444 e. The van der Waals surface area contributed by atoms with Crippen LogP contribution in [0.15, 0.2) is 34.9 Å². The van der Waals surface area contributed by atoms with Crippen molar-refractivity contribution < 1.29 is 4.42 Å². The van der Waals surface area contributed by atoms with Crippen LogP contribution in [-0.2, 0) is 6.42 Å². The van der Waals surface area contributed by atoms with Crippen LogP contribution in [0.25, 0.3) is 11.5 Å². The Hall–Kier alpha value is -1.61. The molecule has 16 heavy (non-hydrogen) atoms. The second-order valence-electron chi connectivity index (χ2n) is 3.91. The molecule has 2 aromatic rings. The molecule has 0 aliphatic rings. The highest BCUT2D eigenvalue weighted by molar-refractivity contribution is 5.54. The van der Waals surface area contributed by atoms with Crippen molar-refractivity contribution in [3.63, 3.8) is 0 Å². The average molecular weight is 216 g/mol. The van der Waals surface area contributed by atoms with Crippen LogP contribution in [0.5, 0.6) is 0 Å². The zero-order chi connectivity index (χ0) is 11.4. The molecule has 0 fully saturated rings. The largest absolute Gasteiger partial charge is 0.444 e. The third kappa shape index (κ3) is 2.49. The van der Waals surface area contributed by atoms with Gasteiger partial charge >= 0.3 is 0 Å². The monoisotopic (exact) mass is 216 g/mol. The predicted octanol–water partition coefficient (Wildman–Crippen LogP) is 2.54. The normalized spacial score (nSPS) is 10.6. The van der Waals surface area contributed by atoms with Crippen molar-refractivity contribution in [3.8, 4) is 11.5 Å². The zero-order valence-electron chi connectivity index (χ0n) is 9.44. The van der Waals surface area contributed by atoms with Gasteiger partial charge in [0, 0.05) is 5.56 Å². The average Bonchev–Trinajstić information content (AvgIpc) is 2.75. The van der Waals surface area contributed by atoms with E-state index >= 15 is 0 Å². The molecule has 0 spiro atoms. The molecule has 1 heterocycles. The molecule has 0 aliphatic carbocycles. The summed E-state index contributed by atoms with van der Waals surface area (Å²) >= 11 is 0. The minimum atomic E-state index is 0.687. The van der Waals surface area contributed by atoms with Crippen LogP contribution >= 0.6 is 0 Å². The summed E-state index contributed by atoms with van der Waals surface area (Å²) in [5.41, 5.74) is 8.66. The van der Waals surface area contributed by atoms with Gasteiger partial charge in [-0.05, 0) is 38.4 Å². The quantitative estimate of drug-likeness (QED) is 0.854. The van der Waals surface area contributed by atoms with Gasteiger partial charge in [-0.2, -0.15) is 0 Å². The maximum atomic E-state index is 5.46. The lowest BCUT2D eigenvalue weighted by Crippen LogP contribution is -2.00. The van der Waals surface area contributed by atoms with E-state index in [4.69, 9.17) is 10.2 Å². The summed E-state index contributed by atoms with van der Waals surface area (Å²) in [4.78, 5) is 4.44. The molecule has 84 valence electrons. The smallest absolute Gasteiger partial charge is 0.226 e. The molecule has 2 rings (SSSR count). The lowest BCUT2D eigenvalue weighted by atomic mass is 10.1. The van der Waals surface area contributed by atoms with Gasteiger partial charge in [0.2, 0.25) is 5.89 Å².